The van der Waals surface area contributed by atoms with Gasteiger partial charge in [-0.3, -0.25) is 19.2 Å². The SMILES string of the molecule is CC1(C)CC(C)(c2ccc(N3C(=O)c4ccc(C#Cc5ccccc5)cc4C3=O)cc2)c2ccc(N3C(=O)c4ccc(C#Cc5ccccc5)cc4C3=O)cc21. The van der Waals surface area contributed by atoms with Crippen LogP contribution in [0.4, 0.5) is 11.4 Å². The summed E-state index contributed by atoms with van der Waals surface area (Å²) in [5.41, 5.74) is 7.93. The van der Waals surface area contributed by atoms with Gasteiger partial charge in [-0.25, -0.2) is 9.80 Å². The summed E-state index contributed by atoms with van der Waals surface area (Å²) in [7, 11) is 0. The second-order valence-electron chi connectivity index (χ2n) is 15.3. The molecular formula is C50H34N2O4. The first-order chi connectivity index (χ1) is 27.0. The number of amides is 4. The van der Waals surface area contributed by atoms with Crippen molar-refractivity contribution >= 4 is 35.0 Å². The minimum atomic E-state index is -0.418. The van der Waals surface area contributed by atoms with Gasteiger partial charge in [0.2, 0.25) is 0 Å². The molecule has 4 amide bonds. The maximum Gasteiger partial charge on any atom is 0.266 e. The molecule has 56 heavy (non-hydrogen) atoms. The van der Waals surface area contributed by atoms with Crippen LogP contribution in [0.1, 0.15) is 108 Å². The lowest BCUT2D eigenvalue weighted by atomic mass is 9.75. The highest BCUT2D eigenvalue weighted by molar-refractivity contribution is 6.35. The van der Waals surface area contributed by atoms with Crippen LogP contribution in [0.2, 0.25) is 0 Å². The Morgan fingerprint density at radius 3 is 1.39 bits per heavy atom. The fourth-order valence-corrected chi connectivity index (χ4v) is 8.46. The van der Waals surface area contributed by atoms with Gasteiger partial charge in [0.25, 0.3) is 23.6 Å². The van der Waals surface area contributed by atoms with Crippen LogP contribution in [0.3, 0.4) is 0 Å². The number of fused-ring (bicyclic) bond motifs is 3. The fourth-order valence-electron chi connectivity index (χ4n) is 8.46. The number of hydrogen-bond donors (Lipinski definition) is 0. The van der Waals surface area contributed by atoms with E-state index in [-0.39, 0.29) is 29.0 Å². The molecule has 3 aliphatic rings. The molecular weight excluding hydrogens is 693 g/mol. The molecule has 2 heterocycles. The van der Waals surface area contributed by atoms with E-state index in [0.29, 0.717) is 44.8 Å². The molecule has 2 aliphatic heterocycles. The summed E-state index contributed by atoms with van der Waals surface area (Å²) in [6.07, 6.45) is 0.767. The largest absolute Gasteiger partial charge is 0.268 e. The molecule has 1 aliphatic carbocycles. The third-order valence-electron chi connectivity index (χ3n) is 11.2. The van der Waals surface area contributed by atoms with Crippen molar-refractivity contribution in [2.24, 2.45) is 0 Å². The summed E-state index contributed by atoms with van der Waals surface area (Å²) >= 11 is 0. The van der Waals surface area contributed by atoms with Crippen LogP contribution >= 0.6 is 0 Å². The van der Waals surface area contributed by atoms with Gasteiger partial charge in [0.15, 0.2) is 0 Å². The number of carbonyl (C=O) groups excluding carboxylic acids is 4. The fraction of sp³-hybridized carbons (Fsp3) is 0.120. The molecule has 0 saturated heterocycles. The smallest absolute Gasteiger partial charge is 0.266 e. The van der Waals surface area contributed by atoms with E-state index in [4.69, 9.17) is 0 Å². The van der Waals surface area contributed by atoms with Gasteiger partial charge in [0, 0.05) is 27.7 Å². The molecule has 0 fully saturated rings. The highest BCUT2D eigenvalue weighted by Gasteiger charge is 2.47. The lowest BCUT2D eigenvalue weighted by Gasteiger charge is -2.29. The van der Waals surface area contributed by atoms with E-state index in [1.165, 1.54) is 9.80 Å². The van der Waals surface area contributed by atoms with Crippen molar-refractivity contribution in [2.45, 2.75) is 38.0 Å². The molecule has 6 aromatic rings. The number of rotatable bonds is 3. The van der Waals surface area contributed by atoms with Crippen molar-refractivity contribution < 1.29 is 19.2 Å². The van der Waals surface area contributed by atoms with Gasteiger partial charge in [0.05, 0.1) is 33.6 Å². The second kappa shape index (κ2) is 12.9. The van der Waals surface area contributed by atoms with Crippen molar-refractivity contribution in [3.63, 3.8) is 0 Å². The Hall–Kier alpha value is -7.28. The molecule has 0 N–H and O–H groups in total. The molecule has 0 radical (unpaired) electrons. The van der Waals surface area contributed by atoms with Crippen molar-refractivity contribution in [2.75, 3.05) is 9.80 Å². The summed E-state index contributed by atoms with van der Waals surface area (Å²) in [6, 6.07) is 43.0. The van der Waals surface area contributed by atoms with Crippen LogP contribution in [-0.2, 0) is 10.8 Å². The Morgan fingerprint density at radius 2 is 0.875 bits per heavy atom. The van der Waals surface area contributed by atoms with Gasteiger partial charge >= 0.3 is 0 Å². The zero-order chi connectivity index (χ0) is 38.8. The van der Waals surface area contributed by atoms with Crippen LogP contribution in [0, 0.1) is 23.7 Å². The van der Waals surface area contributed by atoms with E-state index in [9.17, 15) is 19.2 Å². The number of carbonyl (C=O) groups is 4. The first-order valence-corrected chi connectivity index (χ1v) is 18.5. The zero-order valence-corrected chi connectivity index (χ0v) is 31.0. The highest BCUT2D eigenvalue weighted by Crippen LogP contribution is 2.54. The zero-order valence-electron chi connectivity index (χ0n) is 31.0. The molecule has 0 spiro atoms. The normalized spacial score (nSPS) is 17.5. The Labute approximate surface area is 325 Å². The topological polar surface area (TPSA) is 74.8 Å². The number of nitrogens with zero attached hydrogens (tertiary/aromatic N) is 2. The van der Waals surface area contributed by atoms with Crippen molar-refractivity contribution in [3.8, 4) is 23.7 Å². The number of benzene rings is 6. The van der Waals surface area contributed by atoms with E-state index in [2.05, 4.69) is 44.5 Å². The monoisotopic (exact) mass is 726 g/mol. The second-order valence-corrected chi connectivity index (χ2v) is 15.3. The molecule has 9 rings (SSSR count). The molecule has 1 atom stereocenters. The summed E-state index contributed by atoms with van der Waals surface area (Å²) in [5, 5.41) is 0. The number of hydrogen-bond acceptors (Lipinski definition) is 4. The molecule has 1 unspecified atom stereocenters. The quantitative estimate of drug-likeness (QED) is 0.135. The minimum absolute atomic E-state index is 0.290. The van der Waals surface area contributed by atoms with E-state index in [1.807, 2.05) is 103 Å². The maximum atomic E-state index is 13.8. The van der Waals surface area contributed by atoms with Gasteiger partial charge < -0.3 is 0 Å². The molecule has 0 bridgehead atoms. The van der Waals surface area contributed by atoms with E-state index < -0.39 is 5.41 Å². The summed E-state index contributed by atoms with van der Waals surface area (Å²) in [4.78, 5) is 57.1. The summed E-state index contributed by atoms with van der Waals surface area (Å²) in [6.45, 7) is 6.54. The molecule has 6 aromatic carbocycles. The third-order valence-corrected chi connectivity index (χ3v) is 11.2. The van der Waals surface area contributed by atoms with Gasteiger partial charge in [-0.2, -0.15) is 0 Å². The number of anilines is 2. The Bertz CT molecular complexity index is 2800. The van der Waals surface area contributed by atoms with Gasteiger partial charge in [-0.15, -0.1) is 0 Å². The van der Waals surface area contributed by atoms with Crippen LogP contribution < -0.4 is 9.80 Å². The van der Waals surface area contributed by atoms with Gasteiger partial charge in [-0.1, -0.05) is 99.1 Å². The van der Waals surface area contributed by atoms with Gasteiger partial charge in [0.1, 0.15) is 0 Å². The third kappa shape index (κ3) is 5.63. The van der Waals surface area contributed by atoms with Crippen LogP contribution in [0.5, 0.6) is 0 Å². The average molecular weight is 727 g/mol. The standard InChI is InChI=1S/C50H34N2O4/c1-49(2)31-50(3,36-20-22-37(23-21-36)51-45(53)39-25-18-34(28-41(39)47(51)55)16-14-32-10-6-4-7-11-32)43-27-24-38(30-44(43)49)52-46(54)40-26-19-35(29-42(40)48(52)56)17-15-33-12-8-5-9-13-33/h4-13,18-30H,31H2,1-3H3. The predicted octanol–water partition coefficient (Wildman–Crippen LogP) is 9.07. The molecule has 268 valence electrons. The predicted molar refractivity (Wildman–Crippen MR) is 217 cm³/mol. The first-order valence-electron chi connectivity index (χ1n) is 18.5. The first kappa shape index (κ1) is 34.5. The van der Waals surface area contributed by atoms with Crippen molar-refractivity contribution in [1.29, 1.82) is 0 Å². The Kier molecular flexibility index (Phi) is 7.97. The van der Waals surface area contributed by atoms with Crippen LogP contribution in [0.25, 0.3) is 0 Å². The minimum Gasteiger partial charge on any atom is -0.268 e. The average Bonchev–Trinajstić information content (AvgIpc) is 3.71. The Balaban J connectivity index is 0.970. The van der Waals surface area contributed by atoms with Crippen molar-refractivity contribution in [1.82, 2.24) is 0 Å². The van der Waals surface area contributed by atoms with Crippen LogP contribution in [0.15, 0.2) is 140 Å². The lowest BCUT2D eigenvalue weighted by Crippen LogP contribution is -2.30. The molecule has 0 aromatic heterocycles. The Morgan fingerprint density at radius 1 is 0.429 bits per heavy atom. The maximum absolute atomic E-state index is 13.8. The van der Waals surface area contributed by atoms with Gasteiger partial charge in [-0.05, 0) is 113 Å². The molecule has 6 heteroatoms. The van der Waals surface area contributed by atoms with E-state index in [0.717, 1.165) is 34.2 Å². The van der Waals surface area contributed by atoms with E-state index >= 15 is 0 Å². The van der Waals surface area contributed by atoms with Crippen LogP contribution in [-0.4, -0.2) is 23.6 Å². The molecule has 0 saturated carbocycles. The summed E-state index contributed by atoms with van der Waals surface area (Å²) < 4.78 is 0. The number of imide groups is 2. The van der Waals surface area contributed by atoms with Crippen molar-refractivity contribution in [3.05, 3.63) is 201 Å². The summed E-state index contributed by atoms with van der Waals surface area (Å²) in [5.74, 6) is 11.0. The van der Waals surface area contributed by atoms with E-state index in [1.54, 1.807) is 36.4 Å². The molecule has 6 nitrogen and oxygen atoms in total. The highest BCUT2D eigenvalue weighted by atomic mass is 16.2. The lowest BCUT2D eigenvalue weighted by molar-refractivity contribution is 0.0910.